The van der Waals surface area contributed by atoms with Gasteiger partial charge in [0, 0.05) is 26.5 Å². The molecule has 0 bridgehead atoms. The molecule has 1 heterocycles. The van der Waals surface area contributed by atoms with Crippen LogP contribution in [-0.4, -0.2) is 9.13 Å². The minimum absolute atomic E-state index is 0.852. The first-order chi connectivity index (χ1) is 4.72. The topological polar surface area (TPSA) is 9.86 Å². The van der Waals surface area contributed by atoms with E-state index < -0.39 is 0 Å². The van der Waals surface area contributed by atoms with E-state index in [1.807, 2.05) is 49.5 Å². The zero-order valence-electron chi connectivity index (χ0n) is 6.96. The Morgan fingerprint density at radius 1 is 1.10 bits per heavy atom. The van der Waals surface area contributed by atoms with Crippen LogP contribution in [-0.2, 0) is 14.1 Å². The van der Waals surface area contributed by atoms with E-state index in [9.17, 15) is 0 Å². The maximum Gasteiger partial charge on any atom is 0.179 e. The lowest BCUT2D eigenvalue weighted by atomic mass is 10.9. The van der Waals surface area contributed by atoms with Gasteiger partial charge < -0.3 is 9.13 Å². The van der Waals surface area contributed by atoms with Gasteiger partial charge in [-0.3, -0.25) is 0 Å². The summed E-state index contributed by atoms with van der Waals surface area (Å²) in [6, 6.07) is 0. The molecule has 0 saturated heterocycles. The molecule has 0 radical (unpaired) electrons. The highest BCUT2D eigenvalue weighted by Gasteiger charge is 1.84. The molecular weight excluding hydrogens is 144 g/mol. The highest BCUT2D eigenvalue weighted by Crippen LogP contribution is 1.88. The number of rotatable bonds is 0. The van der Waals surface area contributed by atoms with Crippen LogP contribution in [0.15, 0.2) is 12.4 Å². The number of hydrogen-bond acceptors (Lipinski definition) is 1. The van der Waals surface area contributed by atoms with Crippen molar-refractivity contribution in [3.8, 4) is 0 Å². The van der Waals surface area contributed by atoms with Crippen molar-refractivity contribution in [1.29, 1.82) is 0 Å². The van der Waals surface area contributed by atoms with Crippen molar-refractivity contribution in [3.63, 3.8) is 0 Å². The van der Waals surface area contributed by atoms with Crippen LogP contribution in [0.5, 0.6) is 0 Å². The Labute approximate surface area is 67.1 Å². The van der Waals surface area contributed by atoms with Gasteiger partial charge in [0.2, 0.25) is 0 Å². The minimum atomic E-state index is 0.852. The molecule has 10 heavy (non-hydrogen) atoms. The Kier molecular flexibility index (Phi) is 4.03. The van der Waals surface area contributed by atoms with Gasteiger partial charge in [0.05, 0.1) is 0 Å². The number of nitrogens with zero attached hydrogens (tertiary/aromatic N) is 2. The first kappa shape index (κ1) is 9.43. The molecule has 58 valence electrons. The molecule has 3 heteroatoms. The monoisotopic (exact) mass is 158 g/mol. The first-order valence-electron chi connectivity index (χ1n) is 3.40. The van der Waals surface area contributed by atoms with Gasteiger partial charge in [0.15, 0.2) is 4.77 Å². The number of aryl methyl sites for hydroxylation is 2. The molecule has 0 atom stereocenters. The molecule has 0 amide bonds. The van der Waals surface area contributed by atoms with E-state index in [0.29, 0.717) is 0 Å². The summed E-state index contributed by atoms with van der Waals surface area (Å²) in [5, 5.41) is 0. The molecule has 0 N–H and O–H groups in total. The van der Waals surface area contributed by atoms with Gasteiger partial charge in [0.1, 0.15) is 0 Å². The smallest absolute Gasteiger partial charge is 0.179 e. The predicted molar refractivity (Wildman–Crippen MR) is 46.6 cm³/mol. The van der Waals surface area contributed by atoms with E-state index in [1.54, 1.807) is 0 Å². The highest BCUT2D eigenvalue weighted by atomic mass is 32.1. The van der Waals surface area contributed by atoms with E-state index in [-0.39, 0.29) is 0 Å². The quantitative estimate of drug-likeness (QED) is 0.526. The van der Waals surface area contributed by atoms with E-state index in [1.165, 1.54) is 0 Å². The number of hydrogen-bond donors (Lipinski definition) is 0. The molecule has 1 aromatic heterocycles. The van der Waals surface area contributed by atoms with Crippen molar-refractivity contribution >= 4 is 12.2 Å². The molecule has 1 rings (SSSR count). The summed E-state index contributed by atoms with van der Waals surface area (Å²) in [6.45, 7) is 4.00. The summed E-state index contributed by atoms with van der Waals surface area (Å²) in [5.41, 5.74) is 0. The fourth-order valence-corrected chi connectivity index (χ4v) is 0.698. The summed E-state index contributed by atoms with van der Waals surface area (Å²) in [6.07, 6.45) is 3.87. The standard InChI is InChI=1S/C5H8N2S.C2H6/c1-6-3-4-7(2)5(6)8;1-2/h3-4H,1-2H3;1-2H3. The molecule has 0 aromatic carbocycles. The highest BCUT2D eigenvalue weighted by molar-refractivity contribution is 7.71. The van der Waals surface area contributed by atoms with Crippen LogP contribution in [0.2, 0.25) is 0 Å². The summed E-state index contributed by atoms with van der Waals surface area (Å²) in [4.78, 5) is 0. The molecular formula is C7H14N2S. The van der Waals surface area contributed by atoms with Crippen LogP contribution < -0.4 is 0 Å². The Morgan fingerprint density at radius 2 is 1.40 bits per heavy atom. The Bertz CT molecular complexity index is 211. The summed E-state index contributed by atoms with van der Waals surface area (Å²) in [7, 11) is 3.87. The zero-order chi connectivity index (χ0) is 8.15. The zero-order valence-corrected chi connectivity index (χ0v) is 7.77. The third-order valence-corrected chi connectivity index (χ3v) is 1.69. The van der Waals surface area contributed by atoms with Gasteiger partial charge >= 0.3 is 0 Å². The van der Waals surface area contributed by atoms with Crippen molar-refractivity contribution in [3.05, 3.63) is 17.2 Å². The SMILES string of the molecule is CC.Cn1ccn(C)c1=S. The summed E-state index contributed by atoms with van der Waals surface area (Å²) >= 11 is 4.95. The lowest BCUT2D eigenvalue weighted by Gasteiger charge is -1.86. The molecule has 0 spiro atoms. The lowest BCUT2D eigenvalue weighted by molar-refractivity contribution is 0.813. The van der Waals surface area contributed by atoms with Crippen LogP contribution in [0.3, 0.4) is 0 Å². The normalized spacial score (nSPS) is 8.40. The molecule has 0 fully saturated rings. The van der Waals surface area contributed by atoms with E-state index in [4.69, 9.17) is 12.2 Å². The molecule has 0 unspecified atom stereocenters. The van der Waals surface area contributed by atoms with Crippen LogP contribution in [0.25, 0.3) is 0 Å². The van der Waals surface area contributed by atoms with Crippen molar-refractivity contribution in [1.82, 2.24) is 9.13 Å². The fourth-order valence-electron chi connectivity index (χ4n) is 0.576. The van der Waals surface area contributed by atoms with Crippen LogP contribution >= 0.6 is 12.2 Å². The van der Waals surface area contributed by atoms with E-state index in [2.05, 4.69) is 0 Å². The average molecular weight is 158 g/mol. The Morgan fingerprint density at radius 3 is 1.50 bits per heavy atom. The van der Waals surface area contributed by atoms with E-state index >= 15 is 0 Å². The van der Waals surface area contributed by atoms with Crippen LogP contribution in [0, 0.1) is 4.77 Å². The largest absolute Gasteiger partial charge is 0.327 e. The molecule has 1 aromatic rings. The first-order valence-corrected chi connectivity index (χ1v) is 3.80. The Hall–Kier alpha value is -0.570. The fraction of sp³-hybridized carbons (Fsp3) is 0.571. The van der Waals surface area contributed by atoms with Crippen molar-refractivity contribution < 1.29 is 0 Å². The van der Waals surface area contributed by atoms with Gasteiger partial charge in [-0.05, 0) is 12.2 Å². The summed E-state index contributed by atoms with van der Waals surface area (Å²) in [5.74, 6) is 0. The van der Waals surface area contributed by atoms with Gasteiger partial charge in [-0.2, -0.15) is 0 Å². The van der Waals surface area contributed by atoms with Crippen molar-refractivity contribution in [2.75, 3.05) is 0 Å². The summed E-state index contributed by atoms with van der Waals surface area (Å²) < 4.78 is 4.65. The molecule has 2 nitrogen and oxygen atoms in total. The van der Waals surface area contributed by atoms with Gasteiger partial charge in [0.25, 0.3) is 0 Å². The second kappa shape index (κ2) is 4.28. The molecule has 0 saturated carbocycles. The predicted octanol–water partition coefficient (Wildman–Crippen LogP) is 2.12. The van der Waals surface area contributed by atoms with Gasteiger partial charge in [-0.15, -0.1) is 0 Å². The second-order valence-corrected chi connectivity index (χ2v) is 2.17. The third-order valence-electron chi connectivity index (χ3n) is 1.12. The lowest BCUT2D eigenvalue weighted by Crippen LogP contribution is -1.88. The van der Waals surface area contributed by atoms with Crippen LogP contribution in [0.4, 0.5) is 0 Å². The average Bonchev–Trinajstić information content (AvgIpc) is 2.25. The van der Waals surface area contributed by atoms with E-state index in [0.717, 1.165) is 4.77 Å². The van der Waals surface area contributed by atoms with Gasteiger partial charge in [-0.1, -0.05) is 13.8 Å². The second-order valence-electron chi connectivity index (χ2n) is 1.80. The van der Waals surface area contributed by atoms with Crippen molar-refractivity contribution in [2.45, 2.75) is 13.8 Å². The number of aromatic nitrogens is 2. The Balaban J connectivity index is 0.000000371. The maximum absolute atomic E-state index is 4.95. The molecule has 0 aliphatic heterocycles. The maximum atomic E-state index is 4.95. The number of imidazole rings is 1. The van der Waals surface area contributed by atoms with Gasteiger partial charge in [-0.25, -0.2) is 0 Å². The molecule has 0 aliphatic rings. The molecule has 0 aliphatic carbocycles. The van der Waals surface area contributed by atoms with Crippen molar-refractivity contribution in [2.24, 2.45) is 14.1 Å². The third kappa shape index (κ3) is 1.99. The van der Waals surface area contributed by atoms with Crippen LogP contribution in [0.1, 0.15) is 13.8 Å². The minimum Gasteiger partial charge on any atom is -0.327 e.